The third-order valence-electron chi connectivity index (χ3n) is 3.74. The second-order valence-electron chi connectivity index (χ2n) is 5.54. The van der Waals surface area contributed by atoms with Crippen LogP contribution in [0.1, 0.15) is 29.4 Å². The second kappa shape index (κ2) is 8.17. The first-order chi connectivity index (χ1) is 12.1. The molecule has 2 heterocycles. The molecule has 3 rings (SSSR count). The van der Waals surface area contributed by atoms with Crippen LogP contribution >= 0.6 is 34.7 Å². The maximum absolute atomic E-state index is 12.8. The zero-order valence-corrected chi connectivity index (χ0v) is 16.1. The van der Waals surface area contributed by atoms with Gasteiger partial charge in [-0.2, -0.15) is 0 Å². The lowest BCUT2D eigenvalue weighted by atomic mass is 10.2. The zero-order valence-electron chi connectivity index (χ0n) is 13.7. The van der Waals surface area contributed by atoms with E-state index in [1.165, 1.54) is 23.1 Å². The fraction of sp³-hybridized carbons (Fsp3) is 0.278. The van der Waals surface area contributed by atoms with Crippen LogP contribution in [0, 0.1) is 0 Å². The Morgan fingerprint density at radius 2 is 2.08 bits per heavy atom. The monoisotopic (exact) mass is 392 g/mol. The van der Waals surface area contributed by atoms with Gasteiger partial charge in [0, 0.05) is 6.54 Å². The van der Waals surface area contributed by atoms with Gasteiger partial charge >= 0.3 is 0 Å². The molecule has 7 heteroatoms. The average Bonchev–Trinajstić information content (AvgIpc) is 3.05. The van der Waals surface area contributed by atoms with Gasteiger partial charge in [-0.1, -0.05) is 48.8 Å². The molecule has 0 fully saturated rings. The molecule has 0 aliphatic carbocycles. The SMILES string of the molecule is CCCCn1c(SCC(=O)c2ccc(Cl)s2)nc2ccccc2c1=O. The summed E-state index contributed by atoms with van der Waals surface area (Å²) in [5.41, 5.74) is 0.613. The number of halogens is 1. The number of carbonyl (C=O) groups excluding carboxylic acids is 1. The van der Waals surface area contributed by atoms with Gasteiger partial charge < -0.3 is 0 Å². The molecule has 0 saturated heterocycles. The van der Waals surface area contributed by atoms with Crippen molar-refractivity contribution in [2.24, 2.45) is 0 Å². The highest BCUT2D eigenvalue weighted by Crippen LogP contribution is 2.25. The molecule has 0 aliphatic heterocycles. The number of carbonyl (C=O) groups is 1. The molecule has 0 radical (unpaired) electrons. The van der Waals surface area contributed by atoms with Crippen molar-refractivity contribution in [1.29, 1.82) is 0 Å². The van der Waals surface area contributed by atoms with E-state index in [9.17, 15) is 9.59 Å². The summed E-state index contributed by atoms with van der Waals surface area (Å²) < 4.78 is 2.28. The van der Waals surface area contributed by atoms with Crippen LogP contribution < -0.4 is 5.56 Å². The van der Waals surface area contributed by atoms with Gasteiger partial charge in [0.15, 0.2) is 10.9 Å². The molecular formula is C18H17ClN2O2S2. The summed E-state index contributed by atoms with van der Waals surface area (Å²) in [6.45, 7) is 2.69. The Balaban J connectivity index is 1.90. The van der Waals surface area contributed by atoms with Crippen molar-refractivity contribution in [2.75, 3.05) is 5.75 Å². The molecule has 2 aromatic heterocycles. The molecule has 130 valence electrons. The minimum atomic E-state index is -0.0480. The number of thioether (sulfide) groups is 1. The van der Waals surface area contributed by atoms with Crippen LogP contribution in [-0.2, 0) is 6.54 Å². The fourth-order valence-electron chi connectivity index (χ4n) is 2.44. The van der Waals surface area contributed by atoms with Gasteiger partial charge in [-0.25, -0.2) is 4.98 Å². The van der Waals surface area contributed by atoms with E-state index in [4.69, 9.17) is 11.6 Å². The third-order valence-corrected chi connectivity index (χ3v) is 5.99. The number of hydrogen-bond donors (Lipinski definition) is 0. The highest BCUT2D eigenvalue weighted by molar-refractivity contribution is 7.99. The number of hydrogen-bond acceptors (Lipinski definition) is 5. The number of nitrogens with zero attached hydrogens (tertiary/aromatic N) is 2. The van der Waals surface area contributed by atoms with Crippen LogP contribution in [0.4, 0.5) is 0 Å². The van der Waals surface area contributed by atoms with Crippen molar-refractivity contribution in [3.8, 4) is 0 Å². The first-order valence-electron chi connectivity index (χ1n) is 8.01. The maximum atomic E-state index is 12.8. The average molecular weight is 393 g/mol. The summed E-state index contributed by atoms with van der Waals surface area (Å²) in [6.07, 6.45) is 1.87. The van der Waals surface area contributed by atoms with E-state index in [-0.39, 0.29) is 17.1 Å². The third kappa shape index (κ3) is 4.14. The Kier molecular flexibility index (Phi) is 5.93. The van der Waals surface area contributed by atoms with E-state index < -0.39 is 0 Å². The van der Waals surface area contributed by atoms with Crippen molar-refractivity contribution < 1.29 is 4.79 Å². The predicted molar refractivity (Wildman–Crippen MR) is 105 cm³/mol. The molecule has 25 heavy (non-hydrogen) atoms. The first-order valence-corrected chi connectivity index (χ1v) is 10.2. The Labute approximate surface area is 158 Å². The number of benzene rings is 1. The van der Waals surface area contributed by atoms with Gasteiger partial charge in [0.2, 0.25) is 0 Å². The van der Waals surface area contributed by atoms with E-state index in [1.54, 1.807) is 22.8 Å². The molecule has 0 unspecified atom stereocenters. The predicted octanol–water partition coefficient (Wildman–Crippen LogP) is 4.89. The first kappa shape index (κ1) is 18.2. The van der Waals surface area contributed by atoms with Crippen LogP contribution in [0.5, 0.6) is 0 Å². The molecule has 0 N–H and O–H groups in total. The summed E-state index contributed by atoms with van der Waals surface area (Å²) in [4.78, 5) is 30.3. The van der Waals surface area contributed by atoms with E-state index in [0.29, 0.717) is 31.8 Å². The fourth-order valence-corrected chi connectivity index (χ4v) is 4.42. The van der Waals surface area contributed by atoms with Crippen molar-refractivity contribution in [2.45, 2.75) is 31.5 Å². The lowest BCUT2D eigenvalue weighted by molar-refractivity contribution is 0.102. The van der Waals surface area contributed by atoms with E-state index >= 15 is 0 Å². The van der Waals surface area contributed by atoms with Gasteiger partial charge in [-0.15, -0.1) is 11.3 Å². The van der Waals surface area contributed by atoms with Gasteiger partial charge in [0.05, 0.1) is 25.9 Å². The zero-order chi connectivity index (χ0) is 17.8. The molecular weight excluding hydrogens is 376 g/mol. The lowest BCUT2D eigenvalue weighted by Crippen LogP contribution is -2.23. The molecule has 4 nitrogen and oxygen atoms in total. The molecule has 0 atom stereocenters. The lowest BCUT2D eigenvalue weighted by Gasteiger charge is -2.12. The van der Waals surface area contributed by atoms with E-state index in [1.807, 2.05) is 18.2 Å². The summed E-state index contributed by atoms with van der Waals surface area (Å²) in [5, 5.41) is 1.20. The highest BCUT2D eigenvalue weighted by atomic mass is 35.5. The number of rotatable bonds is 7. The Bertz CT molecular complexity index is 965. The number of aromatic nitrogens is 2. The number of Topliss-reactive ketones (excluding diaryl/α,β-unsaturated/α-hetero) is 1. The normalized spacial score (nSPS) is 11.1. The van der Waals surface area contributed by atoms with Crippen molar-refractivity contribution in [3.05, 3.63) is 56.0 Å². The minimum Gasteiger partial charge on any atom is -0.292 e. The molecule has 0 spiro atoms. The van der Waals surface area contributed by atoms with Gasteiger partial charge in [0.1, 0.15) is 0 Å². The Morgan fingerprint density at radius 3 is 2.80 bits per heavy atom. The van der Waals surface area contributed by atoms with Crippen LogP contribution in [-0.4, -0.2) is 21.1 Å². The van der Waals surface area contributed by atoms with Crippen molar-refractivity contribution in [1.82, 2.24) is 9.55 Å². The van der Waals surface area contributed by atoms with E-state index in [2.05, 4.69) is 11.9 Å². The summed E-state index contributed by atoms with van der Waals surface area (Å²) in [5.74, 6) is 0.222. The molecule has 0 aliphatic rings. The highest BCUT2D eigenvalue weighted by Gasteiger charge is 2.14. The Hall–Kier alpha value is -1.63. The van der Waals surface area contributed by atoms with Gasteiger partial charge in [-0.3, -0.25) is 14.2 Å². The smallest absolute Gasteiger partial charge is 0.262 e. The molecule has 0 saturated carbocycles. The van der Waals surface area contributed by atoms with E-state index in [0.717, 1.165) is 12.8 Å². The van der Waals surface area contributed by atoms with Gasteiger partial charge in [0.25, 0.3) is 5.56 Å². The number of para-hydroxylation sites is 1. The summed E-state index contributed by atoms with van der Waals surface area (Å²) in [6, 6.07) is 10.8. The Morgan fingerprint density at radius 1 is 1.28 bits per heavy atom. The van der Waals surface area contributed by atoms with Crippen LogP contribution in [0.25, 0.3) is 10.9 Å². The number of unbranched alkanes of at least 4 members (excludes halogenated alkanes) is 1. The van der Waals surface area contributed by atoms with Gasteiger partial charge in [-0.05, 0) is 30.7 Å². The number of thiophene rings is 1. The maximum Gasteiger partial charge on any atom is 0.262 e. The van der Waals surface area contributed by atoms with Crippen LogP contribution in [0.3, 0.4) is 0 Å². The van der Waals surface area contributed by atoms with Crippen molar-refractivity contribution in [3.63, 3.8) is 0 Å². The number of fused-ring (bicyclic) bond motifs is 1. The largest absolute Gasteiger partial charge is 0.292 e. The van der Waals surface area contributed by atoms with Crippen LogP contribution in [0.2, 0.25) is 4.34 Å². The second-order valence-corrected chi connectivity index (χ2v) is 8.20. The summed E-state index contributed by atoms with van der Waals surface area (Å²) >= 11 is 8.46. The number of ketones is 1. The standard InChI is InChI=1S/C18H17ClN2O2S2/c1-2-3-10-21-17(23)12-6-4-5-7-13(12)20-18(21)24-11-14(22)15-8-9-16(19)25-15/h4-9H,2-3,10-11H2,1H3. The molecule has 3 aromatic rings. The molecule has 0 bridgehead atoms. The van der Waals surface area contributed by atoms with Crippen LogP contribution in [0.15, 0.2) is 46.3 Å². The van der Waals surface area contributed by atoms with Crippen molar-refractivity contribution >= 4 is 51.4 Å². The minimum absolute atomic E-state index is 0.00801. The molecule has 0 amide bonds. The molecule has 1 aromatic carbocycles. The quantitative estimate of drug-likeness (QED) is 0.326. The topological polar surface area (TPSA) is 52.0 Å². The summed E-state index contributed by atoms with van der Waals surface area (Å²) in [7, 11) is 0.